The first kappa shape index (κ1) is 14.8. The van der Waals surface area contributed by atoms with Gasteiger partial charge in [-0.2, -0.15) is 0 Å². The van der Waals surface area contributed by atoms with Crippen LogP contribution in [0.25, 0.3) is 0 Å². The number of carbonyl (C=O) groups is 1. The standard InChI is InChI=1S/C16H16FNO3/c1-21-13-5-2-11(3-6-13)8-9-18-12-4-7-15(17)14(10-12)16(19)20/h2-7,10,18H,8-9H2,1H3,(H,19,20). The minimum atomic E-state index is -1.27. The van der Waals surface area contributed by atoms with E-state index in [4.69, 9.17) is 9.84 Å². The van der Waals surface area contributed by atoms with Gasteiger partial charge < -0.3 is 15.2 Å². The van der Waals surface area contributed by atoms with Crippen LogP contribution >= 0.6 is 0 Å². The Morgan fingerprint density at radius 1 is 1.24 bits per heavy atom. The van der Waals surface area contributed by atoms with E-state index in [9.17, 15) is 9.18 Å². The van der Waals surface area contributed by atoms with E-state index in [2.05, 4.69) is 5.32 Å². The predicted octanol–water partition coefficient (Wildman–Crippen LogP) is 3.19. The van der Waals surface area contributed by atoms with Crippen molar-refractivity contribution >= 4 is 11.7 Å². The van der Waals surface area contributed by atoms with Gasteiger partial charge in [0.2, 0.25) is 0 Å². The molecule has 0 aliphatic heterocycles. The van der Waals surface area contributed by atoms with Gasteiger partial charge in [0.05, 0.1) is 12.7 Å². The second-order valence-corrected chi connectivity index (χ2v) is 4.52. The van der Waals surface area contributed by atoms with Crippen molar-refractivity contribution in [1.82, 2.24) is 0 Å². The number of ether oxygens (including phenoxy) is 1. The third-order valence-electron chi connectivity index (χ3n) is 3.10. The fourth-order valence-corrected chi connectivity index (χ4v) is 1.94. The molecule has 0 radical (unpaired) electrons. The highest BCUT2D eigenvalue weighted by Gasteiger charge is 2.10. The Hall–Kier alpha value is -2.56. The molecule has 0 saturated carbocycles. The van der Waals surface area contributed by atoms with E-state index < -0.39 is 11.8 Å². The Bertz CT molecular complexity index is 626. The Balaban J connectivity index is 1.93. The summed E-state index contributed by atoms with van der Waals surface area (Å²) in [5, 5.41) is 11.9. The van der Waals surface area contributed by atoms with Gasteiger partial charge in [0.1, 0.15) is 11.6 Å². The van der Waals surface area contributed by atoms with Crippen LogP contribution in [-0.2, 0) is 6.42 Å². The molecule has 0 aliphatic rings. The fraction of sp³-hybridized carbons (Fsp3) is 0.188. The number of anilines is 1. The molecule has 4 nitrogen and oxygen atoms in total. The molecule has 2 N–H and O–H groups in total. The van der Waals surface area contributed by atoms with Gasteiger partial charge in [0.25, 0.3) is 0 Å². The van der Waals surface area contributed by atoms with E-state index >= 15 is 0 Å². The average molecular weight is 289 g/mol. The lowest BCUT2D eigenvalue weighted by atomic mass is 10.1. The topological polar surface area (TPSA) is 58.6 Å². The largest absolute Gasteiger partial charge is 0.497 e. The molecule has 0 bridgehead atoms. The minimum Gasteiger partial charge on any atom is -0.497 e. The van der Waals surface area contributed by atoms with E-state index in [1.165, 1.54) is 12.1 Å². The highest BCUT2D eigenvalue weighted by atomic mass is 19.1. The number of hydrogen-bond donors (Lipinski definition) is 2. The Kier molecular flexibility index (Phi) is 4.77. The van der Waals surface area contributed by atoms with Crippen LogP contribution in [-0.4, -0.2) is 24.7 Å². The first-order valence-corrected chi connectivity index (χ1v) is 6.50. The molecule has 0 saturated heterocycles. The molecular formula is C16H16FNO3. The van der Waals surface area contributed by atoms with Gasteiger partial charge in [-0.1, -0.05) is 12.1 Å². The molecule has 0 unspecified atom stereocenters. The molecule has 2 rings (SSSR count). The van der Waals surface area contributed by atoms with Crippen LogP contribution in [0.1, 0.15) is 15.9 Å². The van der Waals surface area contributed by atoms with Crippen LogP contribution in [0.3, 0.4) is 0 Å². The van der Waals surface area contributed by atoms with Crippen LogP contribution in [0.15, 0.2) is 42.5 Å². The maximum atomic E-state index is 13.3. The lowest BCUT2D eigenvalue weighted by Gasteiger charge is -2.08. The summed E-state index contributed by atoms with van der Waals surface area (Å²) in [5.74, 6) is -1.20. The molecule has 2 aromatic carbocycles. The van der Waals surface area contributed by atoms with Gasteiger partial charge in [-0.3, -0.25) is 0 Å². The van der Waals surface area contributed by atoms with E-state index in [1.807, 2.05) is 24.3 Å². The molecule has 0 aromatic heterocycles. The van der Waals surface area contributed by atoms with Crippen molar-refractivity contribution in [2.24, 2.45) is 0 Å². The number of methoxy groups -OCH3 is 1. The van der Waals surface area contributed by atoms with E-state index in [1.54, 1.807) is 7.11 Å². The summed E-state index contributed by atoms with van der Waals surface area (Å²) in [4.78, 5) is 10.9. The molecule has 0 amide bonds. The van der Waals surface area contributed by atoms with E-state index in [0.29, 0.717) is 12.2 Å². The van der Waals surface area contributed by atoms with Gasteiger partial charge >= 0.3 is 5.97 Å². The zero-order chi connectivity index (χ0) is 15.2. The Morgan fingerprint density at radius 3 is 2.57 bits per heavy atom. The van der Waals surface area contributed by atoms with Crippen LogP contribution in [0.2, 0.25) is 0 Å². The van der Waals surface area contributed by atoms with Crippen molar-refractivity contribution in [1.29, 1.82) is 0 Å². The number of benzene rings is 2. The average Bonchev–Trinajstić information content (AvgIpc) is 2.49. The lowest BCUT2D eigenvalue weighted by Crippen LogP contribution is -2.07. The normalized spacial score (nSPS) is 10.2. The SMILES string of the molecule is COc1ccc(CCNc2ccc(F)c(C(=O)O)c2)cc1. The molecule has 21 heavy (non-hydrogen) atoms. The van der Waals surface area contributed by atoms with E-state index in [0.717, 1.165) is 23.8 Å². The molecule has 0 spiro atoms. The zero-order valence-corrected chi connectivity index (χ0v) is 11.6. The number of carboxylic acids is 1. The zero-order valence-electron chi connectivity index (χ0n) is 11.6. The summed E-state index contributed by atoms with van der Waals surface area (Å²) in [7, 11) is 1.62. The van der Waals surface area contributed by atoms with Crippen LogP contribution in [0, 0.1) is 5.82 Å². The van der Waals surface area contributed by atoms with Crippen LogP contribution in [0.4, 0.5) is 10.1 Å². The van der Waals surface area contributed by atoms with Crippen molar-refractivity contribution in [3.8, 4) is 5.75 Å². The number of carboxylic acid groups (broad SMARTS) is 1. The molecule has 5 heteroatoms. The van der Waals surface area contributed by atoms with E-state index in [-0.39, 0.29) is 5.56 Å². The predicted molar refractivity (Wildman–Crippen MR) is 78.5 cm³/mol. The molecule has 0 fully saturated rings. The highest BCUT2D eigenvalue weighted by molar-refractivity contribution is 5.89. The highest BCUT2D eigenvalue weighted by Crippen LogP contribution is 2.15. The molecule has 0 heterocycles. The third kappa shape index (κ3) is 3.95. The monoisotopic (exact) mass is 289 g/mol. The van der Waals surface area contributed by atoms with Crippen molar-refractivity contribution in [2.45, 2.75) is 6.42 Å². The second-order valence-electron chi connectivity index (χ2n) is 4.52. The second kappa shape index (κ2) is 6.74. The Morgan fingerprint density at radius 2 is 1.95 bits per heavy atom. The van der Waals surface area contributed by atoms with Crippen molar-refractivity contribution in [2.75, 3.05) is 19.0 Å². The maximum absolute atomic E-state index is 13.3. The molecule has 2 aromatic rings. The summed E-state index contributed by atoms with van der Waals surface area (Å²) in [6, 6.07) is 11.7. The molecule has 0 aliphatic carbocycles. The Labute approximate surface area is 122 Å². The first-order chi connectivity index (χ1) is 10.1. The maximum Gasteiger partial charge on any atom is 0.338 e. The fourth-order valence-electron chi connectivity index (χ4n) is 1.94. The summed E-state index contributed by atoms with van der Waals surface area (Å²) < 4.78 is 18.3. The van der Waals surface area contributed by atoms with Crippen LogP contribution < -0.4 is 10.1 Å². The van der Waals surface area contributed by atoms with Gasteiger partial charge in [-0.25, -0.2) is 9.18 Å². The number of aromatic carboxylic acids is 1. The molecule has 0 atom stereocenters. The van der Waals surface area contributed by atoms with Gasteiger partial charge in [-0.05, 0) is 42.3 Å². The molecular weight excluding hydrogens is 273 g/mol. The van der Waals surface area contributed by atoms with Crippen molar-refractivity contribution in [3.05, 3.63) is 59.4 Å². The van der Waals surface area contributed by atoms with Crippen molar-refractivity contribution in [3.63, 3.8) is 0 Å². The number of halogens is 1. The first-order valence-electron chi connectivity index (χ1n) is 6.50. The smallest absolute Gasteiger partial charge is 0.338 e. The van der Waals surface area contributed by atoms with Gasteiger partial charge in [-0.15, -0.1) is 0 Å². The quantitative estimate of drug-likeness (QED) is 0.857. The number of rotatable bonds is 6. The third-order valence-corrected chi connectivity index (χ3v) is 3.10. The van der Waals surface area contributed by atoms with Gasteiger partial charge in [0, 0.05) is 12.2 Å². The lowest BCUT2D eigenvalue weighted by molar-refractivity contribution is 0.0692. The summed E-state index contributed by atoms with van der Waals surface area (Å²) in [5.41, 5.74) is 1.38. The van der Waals surface area contributed by atoms with Gasteiger partial charge in [0.15, 0.2) is 0 Å². The van der Waals surface area contributed by atoms with Crippen LogP contribution in [0.5, 0.6) is 5.75 Å². The summed E-state index contributed by atoms with van der Waals surface area (Å²) in [6.07, 6.45) is 0.768. The number of nitrogens with one attached hydrogen (secondary N) is 1. The summed E-state index contributed by atoms with van der Waals surface area (Å²) in [6.45, 7) is 0.622. The van der Waals surface area contributed by atoms with Crippen molar-refractivity contribution < 1.29 is 19.0 Å². The molecule has 110 valence electrons. The number of hydrogen-bond acceptors (Lipinski definition) is 3. The minimum absolute atomic E-state index is 0.329. The summed E-state index contributed by atoms with van der Waals surface area (Å²) >= 11 is 0.